The molecule has 0 aliphatic heterocycles. The second-order valence-electron chi connectivity index (χ2n) is 1.50. The topological polar surface area (TPSA) is 121 Å². The lowest BCUT2D eigenvalue weighted by Crippen LogP contribution is -2.53. The molecule has 6 heteroatoms. The molecule has 0 aliphatic rings. The Balaban J connectivity index is 0. The second kappa shape index (κ2) is 7.67. The fourth-order valence-corrected chi connectivity index (χ4v) is 0.309. The molecule has 0 fully saturated rings. The summed E-state index contributed by atoms with van der Waals surface area (Å²) < 4.78 is 4.36. The van der Waals surface area contributed by atoms with Crippen LogP contribution in [0.3, 0.4) is 0 Å². The van der Waals surface area contributed by atoms with Crippen molar-refractivity contribution in [1.82, 2.24) is 0 Å². The summed E-state index contributed by atoms with van der Waals surface area (Å²) in [5.74, 6) is -1.83. The van der Waals surface area contributed by atoms with Crippen molar-refractivity contribution in [2.75, 3.05) is 13.7 Å². The monoisotopic (exact) mass is 176 g/mol. The number of hydrogen-bond acceptors (Lipinski definition) is 4. The highest BCUT2D eigenvalue weighted by Crippen LogP contribution is 1.76. The Morgan fingerprint density at radius 2 is 1.83 bits per heavy atom. The third-order valence-electron chi connectivity index (χ3n) is 0.761. The summed E-state index contributed by atoms with van der Waals surface area (Å²) in [5.41, 5.74) is 8.60. The molecule has 0 saturated carbocycles. The smallest absolute Gasteiger partial charge is 0.409 e. The molecule has 0 unspecified atom stereocenters. The summed E-state index contributed by atoms with van der Waals surface area (Å²) in [5, 5.41) is 4.91. The predicted molar refractivity (Wildman–Crippen MR) is 42.9 cm³/mol. The molecule has 6 N–H and O–H groups in total. The van der Waals surface area contributed by atoms with Gasteiger partial charge < -0.3 is 16.2 Å². The minimum Gasteiger partial charge on any atom is -0.458 e. The van der Waals surface area contributed by atoms with Crippen LogP contribution in [-0.2, 0) is 14.3 Å². The Bertz CT molecular complexity index is 179. The molecule has 0 aromatic carbocycles. The average Bonchev–Trinajstić information content (AvgIpc) is 2.07. The molecule has 1 amide bonds. The van der Waals surface area contributed by atoms with Crippen molar-refractivity contribution in [2.24, 2.45) is 11.5 Å². The molecule has 6 nitrogen and oxygen atoms in total. The van der Waals surface area contributed by atoms with Gasteiger partial charge in [0.1, 0.15) is 0 Å². The van der Waals surface area contributed by atoms with Crippen LogP contribution in [0.15, 0.2) is 0 Å². The van der Waals surface area contributed by atoms with E-state index in [1.807, 2.05) is 0 Å². The molecule has 0 radical (unpaired) electrons. The minimum absolute atomic E-state index is 0.173. The van der Waals surface area contributed by atoms with Crippen LogP contribution in [0, 0.1) is 0 Å². The molecule has 0 spiro atoms. The first-order valence-electron chi connectivity index (χ1n) is 3.26. The van der Waals surface area contributed by atoms with E-state index in [4.69, 9.17) is 5.41 Å². The summed E-state index contributed by atoms with van der Waals surface area (Å²) in [7, 11) is 1.50. The number of primary amides is 1. The van der Waals surface area contributed by atoms with Gasteiger partial charge in [0.15, 0.2) is 0 Å². The first-order valence-corrected chi connectivity index (χ1v) is 3.26. The Hall–Kier alpha value is -1.43. The Morgan fingerprint density at radius 3 is 2.08 bits per heavy atom. The van der Waals surface area contributed by atoms with Gasteiger partial charge in [-0.25, -0.2) is 10.2 Å². The van der Waals surface area contributed by atoms with Crippen LogP contribution >= 0.6 is 0 Å². The van der Waals surface area contributed by atoms with Gasteiger partial charge in [0.05, 0.1) is 6.61 Å². The summed E-state index contributed by atoms with van der Waals surface area (Å²) in [4.78, 5) is 20.7. The number of carbonyl (C=O) groups excluding carboxylic acids is 2. The summed E-state index contributed by atoms with van der Waals surface area (Å²) in [6.07, 6.45) is 0. The fourth-order valence-electron chi connectivity index (χ4n) is 0.309. The lowest BCUT2D eigenvalue weighted by Gasteiger charge is -1.93. The van der Waals surface area contributed by atoms with E-state index in [9.17, 15) is 9.59 Å². The number of carbonyl (C=O) groups is 2. The van der Waals surface area contributed by atoms with E-state index in [2.05, 4.69) is 16.2 Å². The zero-order valence-corrected chi connectivity index (χ0v) is 7.16. The van der Waals surface area contributed by atoms with Crippen molar-refractivity contribution >= 4 is 17.6 Å². The highest BCUT2D eigenvalue weighted by atomic mass is 16.5. The first-order chi connectivity index (χ1) is 5.59. The molecule has 0 heterocycles. The van der Waals surface area contributed by atoms with Gasteiger partial charge in [-0.2, -0.15) is 0 Å². The normalized spacial score (nSPS) is 7.58. The zero-order chi connectivity index (χ0) is 10.1. The zero-order valence-electron chi connectivity index (χ0n) is 7.16. The number of ether oxygens (including phenoxy) is 1. The van der Waals surface area contributed by atoms with E-state index in [1.165, 1.54) is 7.05 Å². The van der Waals surface area contributed by atoms with Gasteiger partial charge in [0.2, 0.25) is 0 Å². The number of esters is 1. The Kier molecular flexibility index (Phi) is 8.43. The van der Waals surface area contributed by atoms with Gasteiger partial charge in [-0.1, -0.05) is 0 Å². The quantitative estimate of drug-likeness (QED) is 0.238. The predicted octanol–water partition coefficient (Wildman–Crippen LogP) is -3.19. The second-order valence-corrected chi connectivity index (χ2v) is 1.50. The average molecular weight is 176 g/mol. The third-order valence-corrected chi connectivity index (χ3v) is 0.761. The third kappa shape index (κ3) is 5.36. The molecular weight excluding hydrogens is 162 g/mol. The molecule has 12 heavy (non-hydrogen) atoms. The van der Waals surface area contributed by atoms with Crippen LogP contribution in [0.4, 0.5) is 0 Å². The van der Waals surface area contributed by atoms with Gasteiger partial charge >= 0.3 is 17.6 Å². The van der Waals surface area contributed by atoms with E-state index in [1.54, 1.807) is 6.92 Å². The first kappa shape index (κ1) is 13.2. The molecule has 0 rings (SSSR count). The van der Waals surface area contributed by atoms with E-state index >= 15 is 0 Å². The highest BCUT2D eigenvalue weighted by molar-refractivity contribution is 6.61. The number of nitrogens with two attached hydrogens (primary N) is 3. The van der Waals surface area contributed by atoms with Crippen molar-refractivity contribution < 1.29 is 19.7 Å². The number of amides is 1. The van der Waals surface area contributed by atoms with Crippen LogP contribution in [-0.4, -0.2) is 31.2 Å². The van der Waals surface area contributed by atoms with E-state index in [-0.39, 0.29) is 6.61 Å². The van der Waals surface area contributed by atoms with Gasteiger partial charge in [0, 0.05) is 0 Å². The lowest BCUT2D eigenvalue weighted by molar-refractivity contribution is -0.156. The highest BCUT2D eigenvalue weighted by Gasteiger charge is 2.22. The minimum atomic E-state index is -0.960. The Labute approximate surface area is 70.4 Å². The molecule has 0 saturated heterocycles. The van der Waals surface area contributed by atoms with E-state index in [0.717, 1.165) is 0 Å². The van der Waals surface area contributed by atoms with Crippen LogP contribution < -0.4 is 16.9 Å². The van der Waals surface area contributed by atoms with Crippen LogP contribution in [0.5, 0.6) is 0 Å². The van der Waals surface area contributed by atoms with Gasteiger partial charge in [-0.3, -0.25) is 4.79 Å². The van der Waals surface area contributed by atoms with Crippen LogP contribution in [0.2, 0.25) is 0 Å². The van der Waals surface area contributed by atoms with Crippen molar-refractivity contribution in [3.63, 3.8) is 0 Å². The number of hydrogen-bond donors (Lipinski definition) is 3. The van der Waals surface area contributed by atoms with E-state index in [0.29, 0.717) is 0 Å². The molecule has 0 atom stereocenters. The molecule has 0 aliphatic carbocycles. The van der Waals surface area contributed by atoms with Crippen LogP contribution in [0.25, 0.3) is 0 Å². The van der Waals surface area contributed by atoms with E-state index < -0.39 is 17.6 Å². The van der Waals surface area contributed by atoms with Gasteiger partial charge in [0.25, 0.3) is 0 Å². The van der Waals surface area contributed by atoms with Crippen molar-refractivity contribution in [3.8, 4) is 0 Å². The summed E-state index contributed by atoms with van der Waals surface area (Å²) in [6.45, 7) is 1.78. The SMILES string of the molecule is CCOC(=O)C(=[NH2+])C(N)=O.CN. The maximum Gasteiger partial charge on any atom is 0.409 e. The fraction of sp³-hybridized carbons (Fsp3) is 0.500. The standard InChI is InChI=1S/C5H8N2O3.CH5N/c1-2-10-5(9)3(6)4(7)8;1-2/h6H,2H2,1H3,(H2,7,8);2H2,1H3/p+1. The van der Waals surface area contributed by atoms with Crippen molar-refractivity contribution in [1.29, 1.82) is 0 Å². The summed E-state index contributed by atoms with van der Waals surface area (Å²) >= 11 is 0. The van der Waals surface area contributed by atoms with Crippen molar-refractivity contribution in [2.45, 2.75) is 6.92 Å². The maximum atomic E-state index is 10.5. The van der Waals surface area contributed by atoms with Crippen molar-refractivity contribution in [3.05, 3.63) is 0 Å². The van der Waals surface area contributed by atoms with Crippen LogP contribution in [0.1, 0.15) is 6.92 Å². The molecule has 0 aromatic heterocycles. The summed E-state index contributed by atoms with van der Waals surface area (Å²) in [6, 6.07) is 0. The largest absolute Gasteiger partial charge is 0.458 e. The molecule has 70 valence electrons. The maximum absolute atomic E-state index is 10.5. The molecular formula is C6H14N3O3+. The van der Waals surface area contributed by atoms with Gasteiger partial charge in [-0.05, 0) is 14.0 Å². The number of rotatable bonds is 3. The lowest BCUT2D eigenvalue weighted by atomic mass is 10.4. The molecule has 0 bridgehead atoms. The molecule has 0 aromatic rings. The Morgan fingerprint density at radius 1 is 1.42 bits per heavy atom. The van der Waals surface area contributed by atoms with Gasteiger partial charge in [-0.15, -0.1) is 0 Å².